The Labute approximate surface area is 533 Å². The number of fused-ring (bicyclic) bond motifs is 1. The number of carbonyl (C=O) groups is 3. The lowest BCUT2D eigenvalue weighted by Crippen LogP contribution is -2.50. The second-order valence-electron chi connectivity index (χ2n) is 24.3. The van der Waals surface area contributed by atoms with Crippen LogP contribution in [0.5, 0.6) is 0 Å². The van der Waals surface area contributed by atoms with Crippen LogP contribution in [0.15, 0.2) is 142 Å². The van der Waals surface area contributed by atoms with Crippen LogP contribution in [-0.4, -0.2) is 176 Å². The van der Waals surface area contributed by atoms with Crippen molar-refractivity contribution in [2.75, 3.05) is 131 Å². The fraction of sp³-hybridized carbons (Fsp3) is 0.431. The van der Waals surface area contributed by atoms with Gasteiger partial charge in [0.25, 0.3) is 25.8 Å². The molecule has 5 aliphatic rings. The number of benzene rings is 5. The maximum Gasteiger partial charge on any atom is 0.501 e. The predicted octanol–water partition coefficient (Wildman–Crippen LogP) is 9.96. The van der Waals surface area contributed by atoms with Crippen LogP contribution >= 0.6 is 23.4 Å². The number of nitrogens with zero attached hydrogens (tertiary/aromatic N) is 7. The minimum atomic E-state index is -6.10. The molecule has 4 amide bonds. The number of halogens is 4. The molecule has 3 N–H and O–H groups in total. The number of sulfonamides is 1. The molecule has 25 heteroatoms. The number of imide groups is 1. The number of thioether (sulfide) groups is 1. The zero-order valence-electron chi connectivity index (χ0n) is 50.5. The standard InChI is InChI=1S/C65H76ClF3N10O8S3/c1-64(45-76-30-34-78(35-31-76)52-17-20-58-56(39-52)59(43-73(58)2)79-27-23-61(80)71-63(79)82)24-21-55(46-9-13-49(66)14-10-46)48(41-64)42-75-28-32-77(33-29-75)51-15-11-47(12-16-51)62(81)72-90(85,86)54-18-19-57(60(40-54)89(83,84)65(67,68)69)70-50(44-88-53-7-4-3-5-8-53)22-26-74-25-6-37-87-38-36-74/h3-5,7-20,39-40,43,50,70H,6,21-38,41-42,44-45H2,1-2H3,(H,72,81)(H,71,80,82)/t50-,64-/m1/s1. The Morgan fingerprint density at radius 3 is 2.19 bits per heavy atom. The first-order valence-corrected chi connectivity index (χ1v) is 34.9. The number of amides is 4. The van der Waals surface area contributed by atoms with Gasteiger partial charge in [0.05, 0.1) is 28.4 Å². The maximum atomic E-state index is 14.4. The van der Waals surface area contributed by atoms with Crippen molar-refractivity contribution < 1.29 is 49.1 Å². The van der Waals surface area contributed by atoms with Crippen molar-refractivity contribution in [3.63, 3.8) is 0 Å². The van der Waals surface area contributed by atoms with Crippen molar-refractivity contribution in [2.45, 2.75) is 71.7 Å². The summed E-state index contributed by atoms with van der Waals surface area (Å²) in [5.41, 5.74) is 1.52. The first-order chi connectivity index (χ1) is 43.1. The number of allylic oxidation sites excluding steroid dienone is 1. The number of hydrogen-bond acceptors (Lipinski definition) is 15. The van der Waals surface area contributed by atoms with Gasteiger partial charge in [0.1, 0.15) is 4.90 Å². The molecular formula is C65H76ClF3N10O8S3. The number of carbonyl (C=O) groups excluding carboxylic acids is 3. The summed E-state index contributed by atoms with van der Waals surface area (Å²) in [6, 6.07) is 31.9. The Morgan fingerprint density at radius 2 is 1.48 bits per heavy atom. The van der Waals surface area contributed by atoms with E-state index in [1.807, 2.05) is 65.0 Å². The summed E-state index contributed by atoms with van der Waals surface area (Å²) in [7, 11) is -9.02. The quantitative estimate of drug-likeness (QED) is 0.0612. The summed E-state index contributed by atoms with van der Waals surface area (Å²) in [4.78, 5) is 50.7. The summed E-state index contributed by atoms with van der Waals surface area (Å²) < 4.78 is 107. The molecule has 1 aliphatic carbocycles. The number of urea groups is 1. The molecule has 5 heterocycles. The van der Waals surface area contributed by atoms with E-state index in [4.69, 9.17) is 16.3 Å². The molecule has 4 aliphatic heterocycles. The Kier molecular flexibility index (Phi) is 19.9. The second-order valence-corrected chi connectivity index (χ2v) is 29.5. The first kappa shape index (κ1) is 64.9. The number of rotatable bonds is 20. The molecule has 0 unspecified atom stereocenters. The van der Waals surface area contributed by atoms with Gasteiger partial charge >= 0.3 is 11.5 Å². The average molecular weight is 1310 g/mol. The predicted molar refractivity (Wildman–Crippen MR) is 348 cm³/mol. The van der Waals surface area contributed by atoms with Crippen LogP contribution in [0.3, 0.4) is 0 Å². The summed E-state index contributed by atoms with van der Waals surface area (Å²) in [5.74, 6) is -0.949. The van der Waals surface area contributed by atoms with Gasteiger partial charge in [-0.25, -0.2) is 26.4 Å². The Hall–Kier alpha value is -6.64. The van der Waals surface area contributed by atoms with Crippen LogP contribution in [0.25, 0.3) is 16.5 Å². The number of piperazine rings is 2. The maximum absolute atomic E-state index is 14.4. The third-order valence-electron chi connectivity index (χ3n) is 17.9. The van der Waals surface area contributed by atoms with Gasteiger partial charge in [-0.2, -0.15) is 13.2 Å². The first-order valence-electron chi connectivity index (χ1n) is 30.6. The van der Waals surface area contributed by atoms with Gasteiger partial charge in [-0.15, -0.1) is 11.8 Å². The van der Waals surface area contributed by atoms with E-state index in [0.29, 0.717) is 69.2 Å². The summed E-state index contributed by atoms with van der Waals surface area (Å²) in [6.07, 6.45) is 6.37. The molecule has 4 saturated heterocycles. The van der Waals surface area contributed by atoms with Crippen molar-refractivity contribution >= 4 is 100 Å². The molecule has 18 nitrogen and oxygen atoms in total. The molecule has 90 heavy (non-hydrogen) atoms. The molecule has 2 atom stereocenters. The Bertz CT molecular complexity index is 3840. The highest BCUT2D eigenvalue weighted by Crippen LogP contribution is 2.45. The third-order valence-corrected chi connectivity index (χ3v) is 22.2. The van der Waals surface area contributed by atoms with Gasteiger partial charge in [-0.3, -0.25) is 29.6 Å². The molecule has 11 rings (SSSR count). The van der Waals surface area contributed by atoms with E-state index in [-0.39, 0.29) is 23.3 Å². The number of anilines is 4. The van der Waals surface area contributed by atoms with Gasteiger partial charge in [0.15, 0.2) is 0 Å². The molecule has 4 fully saturated rings. The highest BCUT2D eigenvalue weighted by molar-refractivity contribution is 7.99. The molecule has 1 aromatic heterocycles. The number of aromatic nitrogens is 1. The lowest BCUT2D eigenvalue weighted by Gasteiger charge is -2.44. The van der Waals surface area contributed by atoms with E-state index in [9.17, 15) is 44.4 Å². The summed E-state index contributed by atoms with van der Waals surface area (Å²) in [5, 5.41) is 7.14. The molecule has 0 bridgehead atoms. The van der Waals surface area contributed by atoms with Crippen molar-refractivity contribution in [2.24, 2.45) is 12.5 Å². The zero-order valence-corrected chi connectivity index (χ0v) is 53.7. The third kappa shape index (κ3) is 15.3. The van der Waals surface area contributed by atoms with Crippen LogP contribution in [0.2, 0.25) is 5.02 Å². The number of aryl methyl sites for hydroxylation is 1. The van der Waals surface area contributed by atoms with E-state index in [0.717, 1.165) is 130 Å². The molecular weight excluding hydrogens is 1240 g/mol. The molecule has 480 valence electrons. The van der Waals surface area contributed by atoms with E-state index >= 15 is 0 Å². The number of sulfone groups is 1. The lowest BCUT2D eigenvalue weighted by molar-refractivity contribution is -0.120. The normalized spacial score (nSPS) is 20.1. The highest BCUT2D eigenvalue weighted by Gasteiger charge is 2.49. The smallest absolute Gasteiger partial charge is 0.380 e. The lowest BCUT2D eigenvalue weighted by atomic mass is 9.71. The molecule has 6 aromatic rings. The van der Waals surface area contributed by atoms with Crippen molar-refractivity contribution in [3.8, 4) is 0 Å². The zero-order chi connectivity index (χ0) is 63.4. The van der Waals surface area contributed by atoms with Crippen LogP contribution in [0.1, 0.15) is 61.4 Å². The van der Waals surface area contributed by atoms with Gasteiger partial charge in [-0.05, 0) is 134 Å². The van der Waals surface area contributed by atoms with Crippen LogP contribution in [0, 0.1) is 5.41 Å². The van der Waals surface area contributed by atoms with E-state index < -0.39 is 58.8 Å². The van der Waals surface area contributed by atoms with Crippen LogP contribution in [0.4, 0.5) is 40.7 Å². The topological polar surface area (TPSA) is 189 Å². The number of hydrogen-bond donors (Lipinski definition) is 3. The van der Waals surface area contributed by atoms with Gasteiger partial charge < -0.3 is 29.3 Å². The monoisotopic (exact) mass is 1310 g/mol. The minimum absolute atomic E-state index is 0.0217. The molecule has 0 spiro atoms. The fourth-order valence-electron chi connectivity index (χ4n) is 13.0. The highest BCUT2D eigenvalue weighted by atomic mass is 35.5. The number of alkyl halides is 3. The van der Waals surface area contributed by atoms with Crippen LogP contribution < -0.4 is 30.1 Å². The van der Waals surface area contributed by atoms with E-state index in [1.54, 1.807) is 17.0 Å². The summed E-state index contributed by atoms with van der Waals surface area (Å²) in [6.45, 7) is 14.1. The average Bonchev–Trinajstić information content (AvgIpc) is 1.19. The fourth-order valence-corrected chi connectivity index (χ4v) is 16.1. The van der Waals surface area contributed by atoms with Crippen LogP contribution in [-0.2, 0) is 36.4 Å². The van der Waals surface area contributed by atoms with Crippen molar-refractivity contribution in [1.82, 2.24) is 29.3 Å². The molecule has 0 saturated carbocycles. The largest absolute Gasteiger partial charge is 0.501 e. The van der Waals surface area contributed by atoms with Crippen molar-refractivity contribution in [1.29, 1.82) is 0 Å². The minimum Gasteiger partial charge on any atom is -0.380 e. The Morgan fingerprint density at radius 1 is 0.778 bits per heavy atom. The van der Waals surface area contributed by atoms with Gasteiger partial charge in [0.2, 0.25) is 5.91 Å². The second kappa shape index (κ2) is 27.7. The van der Waals surface area contributed by atoms with E-state index in [2.05, 4.69) is 72.4 Å². The molecule has 5 aromatic carbocycles. The van der Waals surface area contributed by atoms with Gasteiger partial charge in [-0.1, -0.05) is 54.4 Å². The van der Waals surface area contributed by atoms with E-state index in [1.165, 1.54) is 40.6 Å². The van der Waals surface area contributed by atoms with Crippen molar-refractivity contribution in [3.05, 3.63) is 143 Å². The van der Waals surface area contributed by atoms with Gasteiger partial charge in [0, 0.05) is 162 Å². The summed E-state index contributed by atoms with van der Waals surface area (Å²) >= 11 is 7.83. The molecule has 0 radical (unpaired) electrons. The SMILES string of the molecule is Cn1cc(N2CCC(=O)NC2=O)c2cc(N3CCN(C[C@]4(C)CCC(c5ccc(Cl)cc5)=C(CN5CCN(c6ccc(C(=O)NS(=O)(=O)c7ccc(N[C@H](CCN8CCCOCC8)CSc8ccccc8)c(S(=O)(=O)C(F)(F)F)c7)cc6)CC5)C4)CC3)ccc21. The number of ether oxygens (including phenoxy) is 1. The Balaban J connectivity index is 0.713. The number of nitrogens with one attached hydrogen (secondary N) is 3.